The van der Waals surface area contributed by atoms with Gasteiger partial charge in [0.1, 0.15) is 10.5 Å². The summed E-state index contributed by atoms with van der Waals surface area (Å²) in [6.45, 7) is 15.0. The second-order valence-corrected chi connectivity index (χ2v) is 13.9. The normalized spacial score (nSPS) is 12.8. The number of hydrogen-bond acceptors (Lipinski definition) is 6. The van der Waals surface area contributed by atoms with Crippen molar-refractivity contribution in [3.63, 3.8) is 0 Å². The number of nitrogens with one attached hydrogen (secondary N) is 1. The molecule has 2 heterocycles. The molecule has 45 heavy (non-hydrogen) atoms. The summed E-state index contributed by atoms with van der Waals surface area (Å²) in [5.41, 5.74) is 3.18. The zero-order valence-corrected chi connectivity index (χ0v) is 28.2. The first-order chi connectivity index (χ1) is 20.9. The van der Waals surface area contributed by atoms with Gasteiger partial charge in [-0.25, -0.2) is 0 Å². The lowest BCUT2D eigenvalue weighted by atomic mass is 10.0. The quantitative estimate of drug-likeness (QED) is 0.183. The molecule has 1 aliphatic rings. The minimum absolute atomic E-state index is 0.0710. The van der Waals surface area contributed by atoms with Gasteiger partial charge < -0.3 is 20.1 Å². The molecule has 2 aromatic carbocycles. The number of anilines is 1. The Hall–Kier alpha value is -3.21. The monoisotopic (exact) mass is 648 g/mol. The van der Waals surface area contributed by atoms with Crippen molar-refractivity contribution in [3.05, 3.63) is 75.5 Å². The molecule has 4 rings (SSSR count). The van der Waals surface area contributed by atoms with E-state index in [1.54, 1.807) is 57.2 Å². The summed E-state index contributed by atoms with van der Waals surface area (Å²) in [5.74, 6) is 0.0710. The molecule has 0 radical (unpaired) electrons. The van der Waals surface area contributed by atoms with Gasteiger partial charge in [0.05, 0.1) is 12.1 Å². The Kier molecular flexibility index (Phi) is 14.3. The average molecular weight is 649 g/mol. The van der Waals surface area contributed by atoms with E-state index in [1.807, 2.05) is 37.8 Å². The molecule has 0 unspecified atom stereocenters. The SMILES string of the molecule is CC(C)(C)O.CC(C)(C)OC=O.CCCNCC(=O)N1CCc2cc(CCc3cc(-c4ccccc4)c(C(F)(F)F)s3)ccc21. The highest BCUT2D eigenvalue weighted by atomic mass is 32.1. The van der Waals surface area contributed by atoms with Crippen LogP contribution >= 0.6 is 11.3 Å². The first-order valence-corrected chi connectivity index (χ1v) is 16.0. The van der Waals surface area contributed by atoms with Crippen molar-refractivity contribution >= 4 is 29.4 Å². The summed E-state index contributed by atoms with van der Waals surface area (Å²) in [4.78, 5) is 24.1. The standard InChI is InChI=1S/C26H27F3N2OS.C5H10O2.C4H10O/c1-2-13-30-17-24(32)31-14-12-20-15-18(9-11-23(20)31)8-10-21-16-22(19-6-4-3-5-7-19)25(33-21)26(27,28)29;1-5(2,3)7-4-6;1-4(2,3)5/h3-7,9,11,15-16,30H,2,8,10,12-14,17H2,1H3;4H,1-3H3;5H,1-3H3. The molecular weight excluding hydrogens is 601 g/mol. The maximum Gasteiger partial charge on any atom is 0.426 e. The summed E-state index contributed by atoms with van der Waals surface area (Å²) in [6.07, 6.45) is -1.38. The summed E-state index contributed by atoms with van der Waals surface area (Å²) in [6, 6.07) is 16.5. The smallest absolute Gasteiger partial charge is 0.426 e. The number of ether oxygens (including phenoxy) is 1. The van der Waals surface area contributed by atoms with Crippen LogP contribution in [0, 0.1) is 0 Å². The Bertz CT molecular complexity index is 1350. The number of benzene rings is 2. The van der Waals surface area contributed by atoms with Gasteiger partial charge in [0, 0.05) is 22.7 Å². The number of aliphatic hydroxyl groups is 1. The fourth-order valence-corrected chi connectivity index (χ4v) is 5.40. The Labute approximate surface area is 269 Å². The van der Waals surface area contributed by atoms with Gasteiger partial charge in [0.2, 0.25) is 5.91 Å². The van der Waals surface area contributed by atoms with E-state index in [-0.39, 0.29) is 17.1 Å². The van der Waals surface area contributed by atoms with Crippen LogP contribution in [0.1, 0.15) is 75.8 Å². The van der Waals surface area contributed by atoms with Crippen LogP contribution in [0.25, 0.3) is 11.1 Å². The van der Waals surface area contributed by atoms with Crippen LogP contribution in [-0.2, 0) is 39.8 Å². The van der Waals surface area contributed by atoms with Crippen LogP contribution in [-0.4, -0.2) is 48.3 Å². The molecular formula is C35H47F3N2O4S. The number of carbonyl (C=O) groups is 2. The molecule has 1 aliphatic heterocycles. The molecule has 2 N–H and O–H groups in total. The van der Waals surface area contributed by atoms with Gasteiger partial charge in [-0.15, -0.1) is 11.3 Å². The molecule has 6 nitrogen and oxygen atoms in total. The van der Waals surface area contributed by atoms with Gasteiger partial charge in [-0.2, -0.15) is 13.2 Å². The Balaban J connectivity index is 0.000000500. The number of rotatable bonds is 9. The Morgan fingerprint density at radius 1 is 1.02 bits per heavy atom. The first kappa shape index (κ1) is 38.0. The minimum atomic E-state index is -4.37. The molecule has 0 saturated heterocycles. The summed E-state index contributed by atoms with van der Waals surface area (Å²) in [5, 5.41) is 11.7. The van der Waals surface area contributed by atoms with E-state index in [9.17, 15) is 22.8 Å². The van der Waals surface area contributed by atoms with Gasteiger partial charge >= 0.3 is 6.18 Å². The van der Waals surface area contributed by atoms with E-state index in [0.29, 0.717) is 38.0 Å². The Morgan fingerprint density at radius 3 is 2.20 bits per heavy atom. The molecule has 0 bridgehead atoms. The zero-order valence-electron chi connectivity index (χ0n) is 27.4. The van der Waals surface area contributed by atoms with Crippen LogP contribution in [0.3, 0.4) is 0 Å². The largest absolute Gasteiger partial charge is 0.462 e. The number of thiophene rings is 1. The van der Waals surface area contributed by atoms with Crippen molar-refractivity contribution in [1.29, 1.82) is 0 Å². The third-order valence-corrected chi connectivity index (χ3v) is 7.47. The minimum Gasteiger partial charge on any atom is -0.462 e. The molecule has 1 aromatic heterocycles. The lowest BCUT2D eigenvalue weighted by Crippen LogP contribution is -2.37. The van der Waals surface area contributed by atoms with E-state index in [2.05, 4.69) is 23.0 Å². The van der Waals surface area contributed by atoms with Gasteiger partial charge in [0.15, 0.2) is 0 Å². The van der Waals surface area contributed by atoms with Crippen molar-refractivity contribution < 1.29 is 32.6 Å². The van der Waals surface area contributed by atoms with Crippen LogP contribution in [0.5, 0.6) is 0 Å². The number of nitrogens with zero attached hydrogens (tertiary/aromatic N) is 1. The zero-order chi connectivity index (χ0) is 33.8. The highest BCUT2D eigenvalue weighted by Gasteiger charge is 2.36. The lowest BCUT2D eigenvalue weighted by molar-refractivity contribution is -0.138. The van der Waals surface area contributed by atoms with E-state index >= 15 is 0 Å². The maximum atomic E-state index is 13.6. The molecule has 10 heteroatoms. The topological polar surface area (TPSA) is 78.9 Å². The van der Waals surface area contributed by atoms with Gasteiger partial charge in [0.25, 0.3) is 6.47 Å². The molecule has 0 spiro atoms. The van der Waals surface area contributed by atoms with Gasteiger partial charge in [-0.3, -0.25) is 9.59 Å². The summed E-state index contributed by atoms with van der Waals surface area (Å²) in [7, 11) is 0. The van der Waals surface area contributed by atoms with E-state index < -0.39 is 16.7 Å². The molecule has 248 valence electrons. The third-order valence-electron chi connectivity index (χ3n) is 6.23. The lowest BCUT2D eigenvalue weighted by Gasteiger charge is -2.18. The number of hydrogen-bond donors (Lipinski definition) is 2. The third kappa shape index (κ3) is 13.8. The van der Waals surface area contributed by atoms with Crippen molar-refractivity contribution in [2.75, 3.05) is 24.5 Å². The number of alkyl halides is 3. The van der Waals surface area contributed by atoms with Crippen LogP contribution in [0.15, 0.2) is 54.6 Å². The van der Waals surface area contributed by atoms with Crippen molar-refractivity contribution in [1.82, 2.24) is 5.32 Å². The molecule has 0 saturated carbocycles. The van der Waals surface area contributed by atoms with Crippen LogP contribution in [0.4, 0.5) is 18.9 Å². The molecule has 0 aliphatic carbocycles. The van der Waals surface area contributed by atoms with E-state index in [0.717, 1.165) is 52.4 Å². The van der Waals surface area contributed by atoms with Gasteiger partial charge in [-0.1, -0.05) is 49.4 Å². The first-order valence-electron chi connectivity index (χ1n) is 15.1. The molecule has 1 amide bonds. The summed E-state index contributed by atoms with van der Waals surface area (Å²) < 4.78 is 45.5. The van der Waals surface area contributed by atoms with Gasteiger partial charge in [-0.05, 0) is 103 Å². The second-order valence-electron chi connectivity index (χ2n) is 12.8. The van der Waals surface area contributed by atoms with E-state index in [1.165, 1.54) is 0 Å². The number of halogens is 3. The predicted molar refractivity (Wildman–Crippen MR) is 177 cm³/mol. The number of carbonyl (C=O) groups excluding carboxylic acids is 2. The summed E-state index contributed by atoms with van der Waals surface area (Å²) >= 11 is 0.835. The fraction of sp³-hybridized carbons (Fsp3) is 0.486. The van der Waals surface area contributed by atoms with E-state index in [4.69, 9.17) is 5.11 Å². The van der Waals surface area contributed by atoms with Crippen molar-refractivity contribution in [2.24, 2.45) is 0 Å². The maximum absolute atomic E-state index is 13.6. The number of fused-ring (bicyclic) bond motifs is 1. The highest BCUT2D eigenvalue weighted by Crippen LogP contribution is 2.43. The molecule has 3 aromatic rings. The predicted octanol–water partition coefficient (Wildman–Crippen LogP) is 7.84. The average Bonchev–Trinajstić information content (AvgIpc) is 3.56. The van der Waals surface area contributed by atoms with Crippen molar-refractivity contribution in [2.45, 2.75) is 91.5 Å². The highest BCUT2D eigenvalue weighted by molar-refractivity contribution is 7.12. The number of aryl methyl sites for hydroxylation is 2. The van der Waals surface area contributed by atoms with Crippen LogP contribution in [0.2, 0.25) is 0 Å². The van der Waals surface area contributed by atoms with Crippen molar-refractivity contribution in [3.8, 4) is 11.1 Å². The van der Waals surface area contributed by atoms with Crippen LogP contribution < -0.4 is 10.2 Å². The second kappa shape index (κ2) is 16.9. The molecule has 0 fully saturated rings. The fourth-order valence-electron chi connectivity index (χ4n) is 4.36. The number of amides is 1. The molecule has 0 atom stereocenters. The Morgan fingerprint density at radius 2 is 1.67 bits per heavy atom.